The number of halogens is 6. The summed E-state index contributed by atoms with van der Waals surface area (Å²) >= 11 is 9.41. The molecule has 3 aromatic rings. The van der Waals surface area contributed by atoms with Gasteiger partial charge in [0.1, 0.15) is 11.6 Å². The van der Waals surface area contributed by atoms with Gasteiger partial charge in [-0.25, -0.2) is 9.37 Å². The van der Waals surface area contributed by atoms with Gasteiger partial charge in [-0.3, -0.25) is 10.3 Å². The first-order valence-electron chi connectivity index (χ1n) is 7.77. The summed E-state index contributed by atoms with van der Waals surface area (Å²) in [5.74, 6) is -3.66. The summed E-state index contributed by atoms with van der Waals surface area (Å²) in [6.07, 6.45) is -4.84. The van der Waals surface area contributed by atoms with Gasteiger partial charge in [-0.1, -0.05) is 39.7 Å². The first-order valence-corrected chi connectivity index (χ1v) is 8.94. The highest BCUT2D eigenvalue weighted by Gasteiger charge is 2.48. The van der Waals surface area contributed by atoms with Crippen LogP contribution in [0, 0.1) is 0 Å². The van der Waals surface area contributed by atoms with Crippen LogP contribution in [0.2, 0.25) is 5.02 Å². The van der Waals surface area contributed by atoms with E-state index in [1.807, 2.05) is 0 Å². The smallest absolute Gasteiger partial charge is 0.404 e. The van der Waals surface area contributed by atoms with Crippen molar-refractivity contribution < 1.29 is 22.3 Å². The van der Waals surface area contributed by atoms with Crippen molar-refractivity contribution >= 4 is 38.6 Å². The molecule has 4 rings (SSSR count). The standard InChI is InChI=1S/C17H11BrClF4N3O/c18-8-4-5-11-12(6-8)26-14(25-11)7-10(16(26,20)24)9-2-1-3-13(15(9)19)27-17(21,22)23/h1-6,10H,7,24H2. The first-order chi connectivity index (χ1) is 12.6. The van der Waals surface area contributed by atoms with E-state index >= 15 is 4.39 Å². The molecule has 1 aliphatic rings. The van der Waals surface area contributed by atoms with E-state index in [-0.39, 0.29) is 17.0 Å². The van der Waals surface area contributed by atoms with Crippen LogP contribution < -0.4 is 10.5 Å². The maximum atomic E-state index is 15.7. The van der Waals surface area contributed by atoms with E-state index in [1.54, 1.807) is 18.2 Å². The van der Waals surface area contributed by atoms with Gasteiger partial charge in [0, 0.05) is 10.9 Å². The van der Waals surface area contributed by atoms with Crippen LogP contribution in [0.25, 0.3) is 11.0 Å². The lowest BCUT2D eigenvalue weighted by molar-refractivity contribution is -0.274. The number of imidazole rings is 1. The fourth-order valence-electron chi connectivity index (χ4n) is 3.43. The van der Waals surface area contributed by atoms with Gasteiger partial charge in [-0.2, -0.15) is 0 Å². The maximum Gasteiger partial charge on any atom is 0.573 e. The van der Waals surface area contributed by atoms with Crippen LogP contribution in [-0.4, -0.2) is 15.9 Å². The Morgan fingerprint density at radius 3 is 2.74 bits per heavy atom. The minimum Gasteiger partial charge on any atom is -0.404 e. The third-order valence-corrected chi connectivity index (χ3v) is 5.40. The van der Waals surface area contributed by atoms with Crippen molar-refractivity contribution in [3.05, 3.63) is 57.3 Å². The minimum atomic E-state index is -4.91. The number of fused-ring (bicyclic) bond motifs is 3. The van der Waals surface area contributed by atoms with Crippen LogP contribution in [0.3, 0.4) is 0 Å². The van der Waals surface area contributed by atoms with E-state index in [0.29, 0.717) is 16.9 Å². The zero-order valence-electron chi connectivity index (χ0n) is 13.4. The molecule has 2 unspecified atom stereocenters. The third-order valence-electron chi connectivity index (χ3n) is 4.50. The highest BCUT2D eigenvalue weighted by molar-refractivity contribution is 9.10. The number of alkyl halides is 4. The lowest BCUT2D eigenvalue weighted by atomic mass is 9.93. The van der Waals surface area contributed by atoms with Crippen molar-refractivity contribution in [1.82, 2.24) is 9.55 Å². The Bertz CT molecular complexity index is 1050. The Hall–Kier alpha value is -1.84. The summed E-state index contributed by atoms with van der Waals surface area (Å²) in [6.45, 7) is 0. The zero-order chi connectivity index (χ0) is 19.6. The third kappa shape index (κ3) is 3.07. The number of benzene rings is 2. The van der Waals surface area contributed by atoms with E-state index in [9.17, 15) is 13.2 Å². The number of rotatable bonds is 2. The highest BCUT2D eigenvalue weighted by atomic mass is 79.9. The van der Waals surface area contributed by atoms with Crippen molar-refractivity contribution in [2.75, 3.05) is 0 Å². The molecule has 142 valence electrons. The molecule has 27 heavy (non-hydrogen) atoms. The molecule has 0 saturated carbocycles. The van der Waals surface area contributed by atoms with Gasteiger partial charge in [0.15, 0.2) is 0 Å². The van der Waals surface area contributed by atoms with Crippen LogP contribution in [0.1, 0.15) is 17.3 Å². The maximum absolute atomic E-state index is 15.7. The predicted molar refractivity (Wildman–Crippen MR) is 95.3 cm³/mol. The molecule has 4 nitrogen and oxygen atoms in total. The molecule has 2 N–H and O–H groups in total. The van der Waals surface area contributed by atoms with E-state index in [1.165, 1.54) is 16.7 Å². The summed E-state index contributed by atoms with van der Waals surface area (Å²) in [6, 6.07) is 8.99. The summed E-state index contributed by atoms with van der Waals surface area (Å²) in [5, 5.41) is -0.330. The first kappa shape index (κ1) is 18.5. The molecule has 1 aromatic heterocycles. The zero-order valence-corrected chi connectivity index (χ0v) is 15.7. The lowest BCUT2D eigenvalue weighted by Gasteiger charge is -2.26. The molecule has 0 saturated heterocycles. The van der Waals surface area contributed by atoms with Gasteiger partial charge in [-0.15, -0.1) is 13.2 Å². The van der Waals surface area contributed by atoms with Gasteiger partial charge in [0.25, 0.3) is 0 Å². The quantitative estimate of drug-likeness (QED) is 0.417. The summed E-state index contributed by atoms with van der Waals surface area (Å²) in [5.41, 5.74) is 7.16. The van der Waals surface area contributed by atoms with Crippen LogP contribution in [0.4, 0.5) is 17.6 Å². The molecule has 10 heteroatoms. The molecular formula is C17H11BrClF4N3O. The largest absolute Gasteiger partial charge is 0.573 e. The second kappa shape index (κ2) is 6.08. The molecule has 2 atom stereocenters. The van der Waals surface area contributed by atoms with Gasteiger partial charge in [0.05, 0.1) is 22.0 Å². The molecule has 1 aliphatic heterocycles. The number of ether oxygens (including phenoxy) is 1. The molecule has 0 amide bonds. The summed E-state index contributed by atoms with van der Waals surface area (Å²) in [4.78, 5) is 4.39. The van der Waals surface area contributed by atoms with E-state index in [2.05, 4.69) is 25.7 Å². The minimum absolute atomic E-state index is 0.0779. The summed E-state index contributed by atoms with van der Waals surface area (Å²) < 4.78 is 59.2. The number of nitrogens with zero attached hydrogens (tertiary/aromatic N) is 2. The number of aromatic nitrogens is 2. The number of hydrogen-bond donors (Lipinski definition) is 1. The van der Waals surface area contributed by atoms with E-state index in [4.69, 9.17) is 17.3 Å². The van der Waals surface area contributed by atoms with Gasteiger partial charge in [-0.05, 0) is 29.8 Å². The fourth-order valence-corrected chi connectivity index (χ4v) is 4.07. The van der Waals surface area contributed by atoms with Gasteiger partial charge in [0.2, 0.25) is 5.92 Å². The molecule has 2 aromatic carbocycles. The molecule has 2 heterocycles. The Labute approximate surface area is 164 Å². The van der Waals surface area contributed by atoms with Crippen molar-refractivity contribution in [1.29, 1.82) is 0 Å². The molecule has 0 fully saturated rings. The fraction of sp³-hybridized carbons (Fsp3) is 0.235. The Balaban J connectivity index is 1.80. The van der Waals surface area contributed by atoms with Crippen molar-refractivity contribution in [2.24, 2.45) is 5.73 Å². The SMILES string of the molecule is NC1(F)C(c2cccc(OC(F)(F)F)c2Cl)Cc2nc3ccc(Br)cc3n21. The Morgan fingerprint density at radius 1 is 1.30 bits per heavy atom. The Kier molecular flexibility index (Phi) is 4.17. The average molecular weight is 465 g/mol. The monoisotopic (exact) mass is 463 g/mol. The summed E-state index contributed by atoms with van der Waals surface area (Å²) in [7, 11) is 0. The van der Waals surface area contributed by atoms with E-state index < -0.39 is 23.9 Å². The molecular weight excluding hydrogens is 454 g/mol. The van der Waals surface area contributed by atoms with Crippen LogP contribution >= 0.6 is 27.5 Å². The number of hydrogen-bond acceptors (Lipinski definition) is 3. The second-order valence-electron chi connectivity index (χ2n) is 6.19. The average Bonchev–Trinajstić information content (AvgIpc) is 3.03. The van der Waals surface area contributed by atoms with Crippen molar-refractivity contribution in [3.63, 3.8) is 0 Å². The van der Waals surface area contributed by atoms with Crippen molar-refractivity contribution in [3.8, 4) is 5.75 Å². The van der Waals surface area contributed by atoms with E-state index in [0.717, 1.165) is 10.5 Å². The molecule has 0 bridgehead atoms. The van der Waals surface area contributed by atoms with Crippen molar-refractivity contribution in [2.45, 2.75) is 24.6 Å². The normalized spacial score (nSPS) is 22.3. The molecule has 0 radical (unpaired) electrons. The van der Waals surface area contributed by atoms with Gasteiger partial charge >= 0.3 is 6.36 Å². The topological polar surface area (TPSA) is 53.1 Å². The van der Waals surface area contributed by atoms with Crippen LogP contribution in [-0.2, 0) is 12.3 Å². The highest BCUT2D eigenvalue weighted by Crippen LogP contribution is 2.47. The van der Waals surface area contributed by atoms with Crippen LogP contribution in [0.5, 0.6) is 5.75 Å². The van der Waals surface area contributed by atoms with Gasteiger partial charge < -0.3 is 4.74 Å². The molecule has 0 aliphatic carbocycles. The Morgan fingerprint density at radius 2 is 2.04 bits per heavy atom. The molecule has 0 spiro atoms. The predicted octanol–water partition coefficient (Wildman–Crippen LogP) is 5.23. The number of nitrogens with two attached hydrogens (primary N) is 1. The second-order valence-corrected chi connectivity index (χ2v) is 7.48. The lowest BCUT2D eigenvalue weighted by Crippen LogP contribution is -2.40. The van der Waals surface area contributed by atoms with Crippen LogP contribution in [0.15, 0.2) is 40.9 Å².